The molecule has 1 N–H and O–H groups in total. The fourth-order valence-electron chi connectivity index (χ4n) is 3.70. The lowest BCUT2D eigenvalue weighted by atomic mass is 10.1. The SMILES string of the molecule is CCOC(Cc1ccc(OCCN(CCC(C)C)C(=O)Oc2ccc(Oc3ccccc3)cc2)cc1)C(=O)O. The highest BCUT2D eigenvalue weighted by Crippen LogP contribution is 2.24. The Balaban J connectivity index is 1.52. The molecule has 39 heavy (non-hydrogen) atoms. The number of ether oxygens (including phenoxy) is 4. The van der Waals surface area contributed by atoms with Crippen molar-refractivity contribution in [2.75, 3.05) is 26.3 Å². The largest absolute Gasteiger partial charge is 0.492 e. The molecule has 0 aliphatic carbocycles. The Bertz CT molecular complexity index is 1150. The van der Waals surface area contributed by atoms with E-state index in [0.29, 0.717) is 42.9 Å². The molecule has 1 unspecified atom stereocenters. The fraction of sp³-hybridized carbons (Fsp3) is 0.355. The van der Waals surface area contributed by atoms with Crippen molar-refractivity contribution in [3.8, 4) is 23.0 Å². The number of hydrogen-bond acceptors (Lipinski definition) is 6. The van der Waals surface area contributed by atoms with Crippen LogP contribution in [0.1, 0.15) is 32.8 Å². The summed E-state index contributed by atoms with van der Waals surface area (Å²) in [6.07, 6.45) is -0.215. The zero-order valence-electron chi connectivity index (χ0n) is 22.7. The summed E-state index contributed by atoms with van der Waals surface area (Å²) in [6, 6.07) is 23.6. The van der Waals surface area contributed by atoms with Crippen LogP contribution < -0.4 is 14.2 Å². The third-order valence-corrected chi connectivity index (χ3v) is 5.86. The van der Waals surface area contributed by atoms with Crippen LogP contribution in [0.3, 0.4) is 0 Å². The Kier molecular flexibility index (Phi) is 11.6. The molecule has 0 bridgehead atoms. The molecule has 0 aliphatic heterocycles. The molecule has 0 saturated heterocycles. The van der Waals surface area contributed by atoms with Gasteiger partial charge in [0.2, 0.25) is 0 Å². The van der Waals surface area contributed by atoms with Crippen LogP contribution in [0.25, 0.3) is 0 Å². The summed E-state index contributed by atoms with van der Waals surface area (Å²) in [7, 11) is 0. The van der Waals surface area contributed by atoms with Crippen LogP contribution in [-0.2, 0) is 16.0 Å². The highest BCUT2D eigenvalue weighted by atomic mass is 16.6. The van der Waals surface area contributed by atoms with Gasteiger partial charge in [-0.25, -0.2) is 9.59 Å². The summed E-state index contributed by atoms with van der Waals surface area (Å²) >= 11 is 0. The summed E-state index contributed by atoms with van der Waals surface area (Å²) in [5, 5.41) is 9.27. The summed E-state index contributed by atoms with van der Waals surface area (Å²) in [4.78, 5) is 25.9. The zero-order chi connectivity index (χ0) is 28.0. The minimum absolute atomic E-state index is 0.275. The lowest BCUT2D eigenvalue weighted by Gasteiger charge is -2.23. The minimum atomic E-state index is -0.984. The lowest BCUT2D eigenvalue weighted by Crippen LogP contribution is -2.38. The van der Waals surface area contributed by atoms with Crippen LogP contribution in [0.2, 0.25) is 0 Å². The Hall–Kier alpha value is -4.04. The van der Waals surface area contributed by atoms with Gasteiger partial charge < -0.3 is 29.0 Å². The average molecular weight is 536 g/mol. The number of hydrogen-bond donors (Lipinski definition) is 1. The molecule has 8 heteroatoms. The van der Waals surface area contributed by atoms with Crippen molar-refractivity contribution in [2.45, 2.75) is 39.7 Å². The van der Waals surface area contributed by atoms with Gasteiger partial charge in [-0.15, -0.1) is 0 Å². The van der Waals surface area contributed by atoms with Gasteiger partial charge >= 0.3 is 12.1 Å². The van der Waals surface area contributed by atoms with Gasteiger partial charge in [-0.05, 0) is 73.4 Å². The topological polar surface area (TPSA) is 94.5 Å². The first-order valence-corrected chi connectivity index (χ1v) is 13.2. The van der Waals surface area contributed by atoms with Crippen LogP contribution in [0, 0.1) is 5.92 Å². The van der Waals surface area contributed by atoms with Crippen molar-refractivity contribution >= 4 is 12.1 Å². The number of aliphatic carboxylic acids is 1. The van der Waals surface area contributed by atoms with Crippen molar-refractivity contribution in [1.82, 2.24) is 4.90 Å². The van der Waals surface area contributed by atoms with Gasteiger partial charge in [-0.3, -0.25) is 0 Å². The molecule has 0 aliphatic rings. The van der Waals surface area contributed by atoms with E-state index in [2.05, 4.69) is 13.8 Å². The molecule has 1 atom stereocenters. The molecule has 3 aromatic carbocycles. The van der Waals surface area contributed by atoms with Gasteiger partial charge in [-0.1, -0.05) is 44.2 Å². The molecule has 3 rings (SSSR count). The van der Waals surface area contributed by atoms with Crippen molar-refractivity contribution in [3.05, 3.63) is 84.4 Å². The summed E-state index contributed by atoms with van der Waals surface area (Å²) in [6.45, 7) is 7.50. The van der Waals surface area contributed by atoms with Crippen molar-refractivity contribution in [1.29, 1.82) is 0 Å². The molecule has 0 spiro atoms. The van der Waals surface area contributed by atoms with Gasteiger partial charge in [-0.2, -0.15) is 0 Å². The molecular weight excluding hydrogens is 498 g/mol. The van der Waals surface area contributed by atoms with E-state index in [4.69, 9.17) is 18.9 Å². The van der Waals surface area contributed by atoms with E-state index in [1.165, 1.54) is 0 Å². The molecule has 8 nitrogen and oxygen atoms in total. The second kappa shape index (κ2) is 15.4. The Labute approximate surface area is 230 Å². The first-order chi connectivity index (χ1) is 18.8. The zero-order valence-corrected chi connectivity index (χ0v) is 22.7. The van der Waals surface area contributed by atoms with Crippen LogP contribution in [0.4, 0.5) is 4.79 Å². The van der Waals surface area contributed by atoms with Crippen molar-refractivity contribution in [3.63, 3.8) is 0 Å². The summed E-state index contributed by atoms with van der Waals surface area (Å²) < 4.78 is 22.6. The van der Waals surface area contributed by atoms with Gasteiger partial charge in [0, 0.05) is 19.6 Å². The number of amides is 1. The highest BCUT2D eigenvalue weighted by molar-refractivity contribution is 5.72. The minimum Gasteiger partial charge on any atom is -0.492 e. The Morgan fingerprint density at radius 2 is 1.44 bits per heavy atom. The predicted molar refractivity (Wildman–Crippen MR) is 149 cm³/mol. The second-order valence-corrected chi connectivity index (χ2v) is 9.40. The van der Waals surface area contributed by atoms with E-state index >= 15 is 0 Å². The van der Waals surface area contributed by atoms with Gasteiger partial charge in [0.15, 0.2) is 6.10 Å². The van der Waals surface area contributed by atoms with Gasteiger partial charge in [0.25, 0.3) is 0 Å². The van der Waals surface area contributed by atoms with Crippen molar-refractivity contribution < 1.29 is 33.6 Å². The molecule has 1 amide bonds. The number of carboxylic acid groups (broad SMARTS) is 1. The number of rotatable bonds is 15. The van der Waals surface area contributed by atoms with E-state index in [0.717, 1.165) is 17.7 Å². The standard InChI is InChI=1S/C31H37NO7/c1-4-36-29(30(33)34)22-24-10-12-25(13-11-24)37-21-20-32(19-18-23(2)3)31(35)39-28-16-14-27(15-17-28)38-26-8-6-5-7-9-26/h5-17,23,29H,4,18-22H2,1-3H3,(H,33,34). The molecular formula is C31H37NO7. The van der Waals surface area contributed by atoms with Gasteiger partial charge in [0.1, 0.15) is 29.6 Å². The van der Waals surface area contributed by atoms with E-state index in [1.807, 2.05) is 42.5 Å². The average Bonchev–Trinajstić information content (AvgIpc) is 2.92. The predicted octanol–water partition coefficient (Wildman–Crippen LogP) is 6.44. The molecule has 0 saturated carbocycles. The van der Waals surface area contributed by atoms with Crippen LogP contribution in [0.5, 0.6) is 23.0 Å². The normalized spacial score (nSPS) is 11.6. The van der Waals surface area contributed by atoms with Crippen LogP contribution >= 0.6 is 0 Å². The Morgan fingerprint density at radius 1 is 0.821 bits per heavy atom. The molecule has 0 fully saturated rings. The van der Waals surface area contributed by atoms with Crippen molar-refractivity contribution in [2.24, 2.45) is 5.92 Å². The molecule has 0 radical (unpaired) electrons. The third-order valence-electron chi connectivity index (χ3n) is 5.86. The maximum atomic E-state index is 13.0. The highest BCUT2D eigenvalue weighted by Gasteiger charge is 2.19. The summed E-state index contributed by atoms with van der Waals surface area (Å²) in [5.74, 6) is 1.88. The summed E-state index contributed by atoms with van der Waals surface area (Å²) in [5.41, 5.74) is 0.838. The second-order valence-electron chi connectivity index (χ2n) is 9.40. The van der Waals surface area contributed by atoms with Crippen LogP contribution in [0.15, 0.2) is 78.9 Å². The van der Waals surface area contributed by atoms with E-state index in [-0.39, 0.29) is 13.0 Å². The third kappa shape index (κ3) is 10.3. The number of nitrogens with zero attached hydrogens (tertiary/aromatic N) is 1. The van der Waals surface area contributed by atoms with Crippen LogP contribution in [-0.4, -0.2) is 54.5 Å². The number of carbonyl (C=O) groups excluding carboxylic acids is 1. The smallest absolute Gasteiger partial charge is 0.415 e. The lowest BCUT2D eigenvalue weighted by molar-refractivity contribution is -0.149. The number of carbonyl (C=O) groups is 2. The number of carboxylic acids is 1. The molecule has 208 valence electrons. The van der Waals surface area contributed by atoms with E-state index < -0.39 is 18.2 Å². The molecule has 0 heterocycles. The van der Waals surface area contributed by atoms with E-state index in [1.54, 1.807) is 48.2 Å². The maximum absolute atomic E-state index is 13.0. The monoisotopic (exact) mass is 535 g/mol. The van der Waals surface area contributed by atoms with Gasteiger partial charge in [0.05, 0.1) is 6.54 Å². The van der Waals surface area contributed by atoms with E-state index in [9.17, 15) is 14.7 Å². The number of para-hydroxylation sites is 1. The maximum Gasteiger partial charge on any atom is 0.415 e. The fourth-order valence-corrected chi connectivity index (χ4v) is 3.70. The number of benzene rings is 3. The Morgan fingerprint density at radius 3 is 2.05 bits per heavy atom. The molecule has 3 aromatic rings. The first kappa shape index (κ1) is 29.5. The quantitative estimate of drug-likeness (QED) is 0.239. The molecule has 0 aromatic heterocycles. The first-order valence-electron chi connectivity index (χ1n) is 13.2.